The minimum Gasteiger partial charge on any atom is -0.459 e. The maximum Gasteiger partial charge on any atom is 0.345 e. The van der Waals surface area contributed by atoms with Gasteiger partial charge in [-0.1, -0.05) is 24.3 Å². The Kier molecular flexibility index (Phi) is 17.5. The maximum absolute atomic E-state index is 12.9. The van der Waals surface area contributed by atoms with Gasteiger partial charge in [0.25, 0.3) is 0 Å². The van der Waals surface area contributed by atoms with E-state index in [9.17, 15) is 19.2 Å². The Balaban J connectivity index is 1.59. The number of carbonyl (C=O) groups excluding carboxylic acids is 4. The van der Waals surface area contributed by atoms with Crippen molar-refractivity contribution in [1.82, 2.24) is 0 Å². The molecule has 14 heteroatoms. The molecule has 1 saturated heterocycles. The summed E-state index contributed by atoms with van der Waals surface area (Å²) in [6.45, 7) is 0.371. The van der Waals surface area contributed by atoms with Crippen LogP contribution in [0.1, 0.15) is 11.1 Å². The van der Waals surface area contributed by atoms with Gasteiger partial charge in [0, 0.05) is 39.6 Å². The van der Waals surface area contributed by atoms with Gasteiger partial charge in [0.05, 0.1) is 52.9 Å². The minimum atomic E-state index is -0.858. The Morgan fingerprint density at radius 3 is 0.880 bits per heavy atom. The van der Waals surface area contributed by atoms with Gasteiger partial charge in [0.2, 0.25) is 0 Å². The summed E-state index contributed by atoms with van der Waals surface area (Å²) in [6.07, 6.45) is 2.81. The summed E-state index contributed by atoms with van der Waals surface area (Å²) in [4.78, 5) is 55.3. The average molecular weight is 699 g/mol. The molecule has 0 atom stereocenters. The standard InChI is InChI=1S/C36H46N2O12/c1-37(2)29-9-5-27(6-10-29)25-31-33(39)47-21-17-43-13-15-45-19-23-49-35(41)32(26-28-7-11-30(12-8-28)38(3)4)36(42)50-24-20-46-16-14-44-18-22-48-34(31)40/h5-12,25-26H,13-24H2,1-4H3. The number of cyclic esters (lactones) is 4. The van der Waals surface area contributed by atoms with Crippen LogP contribution in [0.25, 0.3) is 12.2 Å². The molecule has 0 saturated carbocycles. The highest BCUT2D eigenvalue weighted by atomic mass is 16.6. The highest BCUT2D eigenvalue weighted by Gasteiger charge is 2.23. The molecule has 14 nitrogen and oxygen atoms in total. The van der Waals surface area contributed by atoms with Gasteiger partial charge in [-0.3, -0.25) is 0 Å². The lowest BCUT2D eigenvalue weighted by Crippen LogP contribution is -2.23. The van der Waals surface area contributed by atoms with Crippen LogP contribution in [0, 0.1) is 0 Å². The van der Waals surface area contributed by atoms with E-state index in [1.54, 1.807) is 24.3 Å². The second kappa shape index (κ2) is 22.1. The summed E-state index contributed by atoms with van der Waals surface area (Å²) in [5, 5.41) is 0. The fraction of sp³-hybridized carbons (Fsp3) is 0.444. The number of rotatable bonds is 4. The van der Waals surface area contributed by atoms with Gasteiger partial charge in [0.1, 0.15) is 37.6 Å². The molecule has 1 aliphatic heterocycles. The van der Waals surface area contributed by atoms with E-state index in [2.05, 4.69) is 0 Å². The zero-order valence-corrected chi connectivity index (χ0v) is 29.1. The molecule has 0 radical (unpaired) electrons. The third kappa shape index (κ3) is 14.4. The third-order valence-corrected chi connectivity index (χ3v) is 6.91. The van der Waals surface area contributed by atoms with E-state index in [1.165, 1.54) is 12.2 Å². The Morgan fingerprint density at radius 1 is 0.400 bits per heavy atom. The number of anilines is 2. The van der Waals surface area contributed by atoms with Crippen molar-refractivity contribution in [3.05, 3.63) is 70.8 Å². The molecule has 1 aliphatic rings. The van der Waals surface area contributed by atoms with E-state index < -0.39 is 23.9 Å². The third-order valence-electron chi connectivity index (χ3n) is 6.91. The highest BCUT2D eigenvalue weighted by molar-refractivity contribution is 6.18. The minimum absolute atomic E-state index is 0.0473. The Hall–Kier alpha value is -4.76. The Bertz CT molecular complexity index is 1270. The molecule has 3 rings (SSSR count). The predicted molar refractivity (Wildman–Crippen MR) is 185 cm³/mol. The lowest BCUT2D eigenvalue weighted by atomic mass is 10.1. The average Bonchev–Trinajstić information content (AvgIpc) is 3.10. The van der Waals surface area contributed by atoms with Crippen molar-refractivity contribution in [2.75, 3.05) is 117 Å². The lowest BCUT2D eigenvalue weighted by molar-refractivity contribution is -0.151. The number of hydrogen-bond donors (Lipinski definition) is 0. The van der Waals surface area contributed by atoms with Gasteiger partial charge < -0.3 is 47.7 Å². The van der Waals surface area contributed by atoms with Crippen molar-refractivity contribution in [2.45, 2.75) is 0 Å². The monoisotopic (exact) mass is 698 g/mol. The molecule has 0 aliphatic carbocycles. The summed E-state index contributed by atoms with van der Waals surface area (Å²) in [6, 6.07) is 14.5. The zero-order valence-electron chi connectivity index (χ0n) is 29.1. The molecule has 0 bridgehead atoms. The van der Waals surface area contributed by atoms with Crippen LogP contribution < -0.4 is 9.80 Å². The summed E-state index contributed by atoms with van der Waals surface area (Å²) < 4.78 is 42.9. The van der Waals surface area contributed by atoms with Crippen molar-refractivity contribution in [3.8, 4) is 0 Å². The van der Waals surface area contributed by atoms with Gasteiger partial charge in [-0.15, -0.1) is 0 Å². The van der Waals surface area contributed by atoms with Crippen LogP contribution in [0.4, 0.5) is 11.4 Å². The number of nitrogens with zero attached hydrogens (tertiary/aromatic N) is 2. The highest BCUT2D eigenvalue weighted by Crippen LogP contribution is 2.17. The summed E-state index contributed by atoms with van der Waals surface area (Å²) in [7, 11) is 7.62. The molecule has 272 valence electrons. The Morgan fingerprint density at radius 2 is 0.640 bits per heavy atom. The Labute approximate surface area is 292 Å². The van der Waals surface area contributed by atoms with Crippen LogP contribution in [-0.2, 0) is 57.1 Å². The molecule has 1 fully saturated rings. The van der Waals surface area contributed by atoms with Crippen molar-refractivity contribution >= 4 is 47.4 Å². The van der Waals surface area contributed by atoms with Crippen LogP contribution in [0.15, 0.2) is 59.7 Å². The largest absolute Gasteiger partial charge is 0.459 e. The van der Waals surface area contributed by atoms with Gasteiger partial charge in [-0.2, -0.15) is 0 Å². The molecular weight excluding hydrogens is 652 g/mol. The van der Waals surface area contributed by atoms with Crippen molar-refractivity contribution in [2.24, 2.45) is 0 Å². The van der Waals surface area contributed by atoms with Gasteiger partial charge >= 0.3 is 23.9 Å². The van der Waals surface area contributed by atoms with Gasteiger partial charge in [-0.25, -0.2) is 19.2 Å². The number of hydrogen-bond acceptors (Lipinski definition) is 14. The smallest absolute Gasteiger partial charge is 0.345 e. The molecule has 0 amide bonds. The van der Waals surface area contributed by atoms with Crippen LogP contribution in [-0.4, -0.2) is 131 Å². The molecule has 50 heavy (non-hydrogen) atoms. The molecular formula is C36H46N2O12. The molecule has 0 N–H and O–H groups in total. The van der Waals surface area contributed by atoms with Gasteiger partial charge in [-0.05, 0) is 47.5 Å². The van der Waals surface area contributed by atoms with Crippen molar-refractivity contribution in [3.63, 3.8) is 0 Å². The van der Waals surface area contributed by atoms with E-state index in [4.69, 9.17) is 37.9 Å². The van der Waals surface area contributed by atoms with E-state index in [0.717, 1.165) is 11.4 Å². The van der Waals surface area contributed by atoms with Crippen molar-refractivity contribution in [1.29, 1.82) is 0 Å². The first-order chi connectivity index (χ1) is 24.2. The quantitative estimate of drug-likeness (QED) is 0.199. The topological polar surface area (TPSA) is 149 Å². The van der Waals surface area contributed by atoms with Crippen LogP contribution in [0.3, 0.4) is 0 Å². The molecule has 2 aromatic carbocycles. The molecule has 1 heterocycles. The summed E-state index contributed by atoms with van der Waals surface area (Å²) in [5.74, 6) is -3.43. The van der Waals surface area contributed by atoms with E-state index in [1.807, 2.05) is 62.3 Å². The maximum atomic E-state index is 12.9. The van der Waals surface area contributed by atoms with E-state index in [0.29, 0.717) is 11.1 Å². The summed E-state index contributed by atoms with van der Waals surface area (Å²) in [5.41, 5.74) is 2.56. The SMILES string of the molecule is CN(C)c1ccc(C=C2C(=O)OCCOCCOCCOC(=O)C(=Cc3ccc(N(C)C)cc3)C(=O)OCCOCCOCCOC2=O)cc1. The molecule has 0 spiro atoms. The molecule has 0 aromatic heterocycles. The first-order valence-corrected chi connectivity index (χ1v) is 16.1. The predicted octanol–water partition coefficient (Wildman–Crippen LogP) is 2.54. The fourth-order valence-corrected chi connectivity index (χ4v) is 4.20. The number of carbonyl (C=O) groups is 4. The normalized spacial score (nSPS) is 17.4. The van der Waals surface area contributed by atoms with Crippen LogP contribution in [0.2, 0.25) is 0 Å². The fourth-order valence-electron chi connectivity index (χ4n) is 4.20. The second-order valence-electron chi connectivity index (χ2n) is 11.1. The molecule has 0 unspecified atom stereocenters. The van der Waals surface area contributed by atoms with Crippen LogP contribution >= 0.6 is 0 Å². The number of esters is 4. The second-order valence-corrected chi connectivity index (χ2v) is 11.1. The zero-order chi connectivity index (χ0) is 36.1. The van der Waals surface area contributed by atoms with E-state index >= 15 is 0 Å². The number of benzene rings is 2. The van der Waals surface area contributed by atoms with Crippen LogP contribution in [0.5, 0.6) is 0 Å². The van der Waals surface area contributed by atoms with Gasteiger partial charge in [0.15, 0.2) is 0 Å². The molecule has 2 aromatic rings. The van der Waals surface area contributed by atoms with Crippen molar-refractivity contribution < 1.29 is 57.1 Å². The lowest BCUT2D eigenvalue weighted by Gasteiger charge is -2.13. The number of ether oxygens (including phenoxy) is 8. The first kappa shape index (κ1) is 39.7. The summed E-state index contributed by atoms with van der Waals surface area (Å²) >= 11 is 0. The first-order valence-electron chi connectivity index (χ1n) is 16.1. The van der Waals surface area contributed by atoms with E-state index in [-0.39, 0.29) is 90.4 Å².